The van der Waals surface area contributed by atoms with Crippen molar-refractivity contribution in [3.05, 3.63) is 101 Å². The first-order valence-electron chi connectivity index (χ1n) is 15.9. The molecule has 242 valence electrons. The molecule has 0 spiro atoms. The van der Waals surface area contributed by atoms with Crippen molar-refractivity contribution < 1.29 is 23.4 Å². The predicted molar refractivity (Wildman–Crippen MR) is 179 cm³/mol. The summed E-state index contributed by atoms with van der Waals surface area (Å²) < 4.78 is 33.8. The number of ether oxygens (including phenoxy) is 1. The average Bonchev–Trinajstić information content (AvgIpc) is 3.46. The summed E-state index contributed by atoms with van der Waals surface area (Å²) in [6.45, 7) is 4.93. The number of H-pyrrole nitrogens is 1. The number of nitrogens with zero attached hydrogens (tertiary/aromatic N) is 2. The van der Waals surface area contributed by atoms with E-state index in [1.165, 1.54) is 12.1 Å². The summed E-state index contributed by atoms with van der Waals surface area (Å²) >= 11 is 0. The van der Waals surface area contributed by atoms with Gasteiger partial charge in [-0.3, -0.25) is 9.89 Å². The number of carbonyl (C=O) groups excluding carboxylic acids is 1. The molecule has 2 aliphatic heterocycles. The van der Waals surface area contributed by atoms with E-state index in [9.17, 15) is 18.7 Å². The van der Waals surface area contributed by atoms with Crippen molar-refractivity contribution >= 4 is 34.0 Å². The summed E-state index contributed by atoms with van der Waals surface area (Å²) in [6.07, 6.45) is 1.93. The molecule has 1 aromatic heterocycles. The van der Waals surface area contributed by atoms with Crippen molar-refractivity contribution in [2.24, 2.45) is 0 Å². The number of aromatic amines is 1. The maximum atomic E-state index is 14.1. The van der Waals surface area contributed by atoms with Gasteiger partial charge in [-0.2, -0.15) is 5.10 Å². The zero-order valence-corrected chi connectivity index (χ0v) is 25.8. The van der Waals surface area contributed by atoms with E-state index in [0.717, 1.165) is 73.2 Å². The quantitative estimate of drug-likeness (QED) is 0.141. The molecule has 0 atom stereocenters. The Hall–Kier alpha value is -5.00. The van der Waals surface area contributed by atoms with Crippen molar-refractivity contribution in [3.63, 3.8) is 0 Å². The van der Waals surface area contributed by atoms with Gasteiger partial charge in [-0.05, 0) is 96.1 Å². The Morgan fingerprint density at radius 1 is 0.957 bits per heavy atom. The molecule has 2 saturated heterocycles. The Bertz CT molecular complexity index is 1880. The van der Waals surface area contributed by atoms with Crippen LogP contribution >= 0.6 is 0 Å². The number of carbonyl (C=O) groups is 1. The number of benzene rings is 4. The lowest BCUT2D eigenvalue weighted by Gasteiger charge is -2.31. The van der Waals surface area contributed by atoms with Crippen molar-refractivity contribution in [1.29, 1.82) is 0 Å². The smallest absolute Gasteiger partial charge is 0.258 e. The van der Waals surface area contributed by atoms with Crippen molar-refractivity contribution in [3.8, 4) is 16.9 Å². The minimum absolute atomic E-state index is 0.127. The van der Waals surface area contributed by atoms with Crippen LogP contribution in [0.3, 0.4) is 0 Å². The van der Waals surface area contributed by atoms with Gasteiger partial charge in [0, 0.05) is 68.3 Å². The normalized spacial score (nSPS) is 15.6. The zero-order valence-electron chi connectivity index (χ0n) is 25.8. The van der Waals surface area contributed by atoms with E-state index in [0.29, 0.717) is 41.1 Å². The number of amides is 1. The SMILES string of the molecule is O=C(Nc1n[nH]c2cc(-c3ccc(O)cc3)c(Cc3cc(F)cc(F)c3)cc12)c1ccc(N2CCNCC2)cc1NC1CCOCC1. The van der Waals surface area contributed by atoms with Crippen LogP contribution in [0.4, 0.5) is 26.0 Å². The number of hydrogen-bond acceptors (Lipinski definition) is 7. The molecule has 5 aromatic rings. The summed E-state index contributed by atoms with van der Waals surface area (Å²) in [5, 5.41) is 28.0. The van der Waals surface area contributed by atoms with Crippen molar-refractivity contribution in [2.45, 2.75) is 25.3 Å². The number of phenolic OH excluding ortho intramolecular Hbond substituents is 1. The van der Waals surface area contributed by atoms with E-state index in [1.807, 2.05) is 24.3 Å². The molecule has 2 fully saturated rings. The molecule has 0 radical (unpaired) electrons. The molecular formula is C36H36F2N6O3. The Morgan fingerprint density at radius 3 is 2.45 bits per heavy atom. The molecule has 0 unspecified atom stereocenters. The van der Waals surface area contributed by atoms with Gasteiger partial charge >= 0.3 is 0 Å². The first kappa shape index (κ1) is 30.6. The molecule has 5 N–H and O–H groups in total. The topological polar surface area (TPSA) is 115 Å². The number of aromatic nitrogens is 2. The molecule has 3 heterocycles. The summed E-state index contributed by atoms with van der Waals surface area (Å²) in [5.41, 5.74) is 5.84. The second kappa shape index (κ2) is 13.4. The number of fused-ring (bicyclic) bond motifs is 1. The van der Waals surface area contributed by atoms with Crippen LogP contribution in [0.2, 0.25) is 0 Å². The lowest BCUT2D eigenvalue weighted by atomic mass is 9.93. The zero-order chi connectivity index (χ0) is 32.3. The maximum Gasteiger partial charge on any atom is 0.258 e. The highest BCUT2D eigenvalue weighted by atomic mass is 19.1. The van der Waals surface area contributed by atoms with E-state index >= 15 is 0 Å². The fourth-order valence-corrected chi connectivity index (χ4v) is 6.40. The minimum atomic E-state index is -0.656. The number of phenols is 1. The van der Waals surface area contributed by atoms with Gasteiger partial charge in [-0.15, -0.1) is 0 Å². The number of piperazine rings is 1. The molecule has 0 bridgehead atoms. The minimum Gasteiger partial charge on any atom is -0.508 e. The highest BCUT2D eigenvalue weighted by molar-refractivity contribution is 6.11. The molecule has 11 heteroatoms. The van der Waals surface area contributed by atoms with Crippen LogP contribution in [0.5, 0.6) is 5.75 Å². The van der Waals surface area contributed by atoms with Gasteiger partial charge in [0.1, 0.15) is 17.4 Å². The van der Waals surface area contributed by atoms with E-state index in [4.69, 9.17) is 4.74 Å². The number of halogens is 2. The number of rotatable bonds is 8. The molecule has 1 amide bonds. The summed E-state index contributed by atoms with van der Waals surface area (Å²) in [6, 6.07) is 20.1. The van der Waals surface area contributed by atoms with Crippen LogP contribution in [-0.4, -0.2) is 66.6 Å². The Labute approximate surface area is 270 Å². The third kappa shape index (κ3) is 6.91. The first-order valence-corrected chi connectivity index (χ1v) is 15.9. The van der Waals surface area contributed by atoms with E-state index in [2.05, 4.69) is 37.1 Å². The highest BCUT2D eigenvalue weighted by Gasteiger charge is 2.22. The Morgan fingerprint density at radius 2 is 1.70 bits per heavy atom. The predicted octanol–water partition coefficient (Wildman–Crippen LogP) is 6.06. The monoisotopic (exact) mass is 638 g/mol. The molecule has 0 aliphatic carbocycles. The Balaban J connectivity index is 1.23. The fraction of sp³-hybridized carbons (Fsp3) is 0.278. The van der Waals surface area contributed by atoms with Gasteiger partial charge in [-0.1, -0.05) is 12.1 Å². The third-order valence-electron chi connectivity index (χ3n) is 8.82. The van der Waals surface area contributed by atoms with Gasteiger partial charge in [-0.25, -0.2) is 8.78 Å². The van der Waals surface area contributed by atoms with Crippen LogP contribution in [0.25, 0.3) is 22.0 Å². The van der Waals surface area contributed by atoms with Gasteiger partial charge in [0.05, 0.1) is 11.1 Å². The molecule has 9 nitrogen and oxygen atoms in total. The number of anilines is 3. The largest absolute Gasteiger partial charge is 0.508 e. The van der Waals surface area contributed by atoms with Gasteiger partial charge in [0.15, 0.2) is 5.82 Å². The second-order valence-electron chi connectivity index (χ2n) is 12.1. The molecule has 7 rings (SSSR count). The highest BCUT2D eigenvalue weighted by Crippen LogP contribution is 2.34. The first-order chi connectivity index (χ1) is 22.9. The average molecular weight is 639 g/mol. The van der Waals surface area contributed by atoms with Crippen LogP contribution in [0.15, 0.2) is 72.8 Å². The van der Waals surface area contributed by atoms with Crippen molar-refractivity contribution in [2.75, 3.05) is 54.9 Å². The number of hydrogen-bond donors (Lipinski definition) is 5. The lowest BCUT2D eigenvalue weighted by molar-refractivity contribution is 0.0904. The molecular weight excluding hydrogens is 602 g/mol. The van der Waals surface area contributed by atoms with Crippen LogP contribution in [-0.2, 0) is 11.2 Å². The molecule has 4 aromatic carbocycles. The van der Waals surface area contributed by atoms with Crippen LogP contribution in [0, 0.1) is 11.6 Å². The van der Waals surface area contributed by atoms with Crippen LogP contribution in [0.1, 0.15) is 34.3 Å². The second-order valence-corrected chi connectivity index (χ2v) is 12.1. The summed E-state index contributed by atoms with van der Waals surface area (Å²) in [7, 11) is 0. The lowest BCUT2D eigenvalue weighted by Crippen LogP contribution is -2.43. The summed E-state index contributed by atoms with van der Waals surface area (Å²) in [5.74, 6) is -1.15. The van der Waals surface area contributed by atoms with E-state index in [-0.39, 0.29) is 24.1 Å². The molecule has 2 aliphatic rings. The molecule has 0 saturated carbocycles. The number of aromatic hydroxyl groups is 1. The summed E-state index contributed by atoms with van der Waals surface area (Å²) in [4.78, 5) is 16.2. The van der Waals surface area contributed by atoms with Crippen LogP contribution < -0.4 is 20.9 Å². The van der Waals surface area contributed by atoms with Crippen molar-refractivity contribution in [1.82, 2.24) is 15.5 Å². The maximum absolute atomic E-state index is 14.1. The standard InChI is InChI=1S/C36H36F2N6O3/c37-25-16-22(17-26(38)19-25)15-24-18-32-34(21-31(24)23-1-4-29(45)5-2-23)42-43-35(32)41-36(46)30-6-3-28(44-11-9-39-10-12-44)20-33(30)40-27-7-13-47-14-8-27/h1-6,16-21,27,39-40,45H,7-15H2,(H2,41,42,43,46). The van der Waals surface area contributed by atoms with Gasteiger partial charge in [0.2, 0.25) is 0 Å². The number of nitrogens with one attached hydrogen (secondary N) is 4. The van der Waals surface area contributed by atoms with E-state index < -0.39 is 11.6 Å². The van der Waals surface area contributed by atoms with E-state index in [1.54, 1.807) is 24.3 Å². The third-order valence-corrected chi connectivity index (χ3v) is 8.82. The molecule has 47 heavy (non-hydrogen) atoms. The van der Waals surface area contributed by atoms with Gasteiger partial charge < -0.3 is 30.7 Å². The van der Waals surface area contributed by atoms with Gasteiger partial charge in [0.25, 0.3) is 5.91 Å². The Kier molecular flexibility index (Phi) is 8.73. The fourth-order valence-electron chi connectivity index (χ4n) is 6.40.